The van der Waals surface area contributed by atoms with Crippen LogP contribution in [-0.2, 0) is 6.61 Å². The first-order chi connectivity index (χ1) is 10.6. The van der Waals surface area contributed by atoms with Gasteiger partial charge < -0.3 is 10.1 Å². The lowest BCUT2D eigenvalue weighted by atomic mass is 10.2. The van der Waals surface area contributed by atoms with Crippen molar-refractivity contribution < 1.29 is 9.53 Å². The lowest BCUT2D eigenvalue weighted by Crippen LogP contribution is -2.23. The van der Waals surface area contributed by atoms with Crippen molar-refractivity contribution in [1.82, 2.24) is 5.32 Å². The van der Waals surface area contributed by atoms with Crippen LogP contribution in [0.3, 0.4) is 0 Å². The highest BCUT2D eigenvalue weighted by molar-refractivity contribution is 6.35. The van der Waals surface area contributed by atoms with Crippen LogP contribution >= 0.6 is 23.2 Å². The summed E-state index contributed by atoms with van der Waals surface area (Å²) < 4.78 is 5.70. The second-order valence-corrected chi connectivity index (χ2v) is 5.59. The summed E-state index contributed by atoms with van der Waals surface area (Å²) in [4.78, 5) is 11.9. The van der Waals surface area contributed by atoms with E-state index in [1.807, 2.05) is 6.92 Å². The van der Waals surface area contributed by atoms with Crippen molar-refractivity contribution in [2.24, 2.45) is 0 Å². The zero-order chi connectivity index (χ0) is 15.9. The first-order valence-electron chi connectivity index (χ1n) is 7.05. The maximum Gasteiger partial charge on any atom is 0.251 e. The zero-order valence-corrected chi connectivity index (χ0v) is 13.7. The van der Waals surface area contributed by atoms with E-state index in [2.05, 4.69) is 5.32 Å². The fourth-order valence-electron chi connectivity index (χ4n) is 1.89. The van der Waals surface area contributed by atoms with Gasteiger partial charge in [-0.25, -0.2) is 0 Å². The molecule has 0 aromatic heterocycles. The van der Waals surface area contributed by atoms with Crippen LogP contribution in [0.4, 0.5) is 0 Å². The van der Waals surface area contributed by atoms with Crippen LogP contribution in [0.1, 0.15) is 29.3 Å². The van der Waals surface area contributed by atoms with Gasteiger partial charge in [-0.15, -0.1) is 0 Å². The Morgan fingerprint density at radius 2 is 1.82 bits per heavy atom. The zero-order valence-electron chi connectivity index (χ0n) is 12.2. The van der Waals surface area contributed by atoms with E-state index in [9.17, 15) is 4.79 Å². The molecule has 2 aromatic rings. The smallest absolute Gasteiger partial charge is 0.251 e. The third-order valence-corrected chi connectivity index (χ3v) is 3.78. The molecule has 0 bridgehead atoms. The normalized spacial score (nSPS) is 10.3. The van der Waals surface area contributed by atoms with Gasteiger partial charge in [-0.05, 0) is 36.8 Å². The van der Waals surface area contributed by atoms with Crippen molar-refractivity contribution in [2.45, 2.75) is 20.0 Å². The molecule has 0 radical (unpaired) electrons. The number of rotatable bonds is 6. The number of ether oxygens (including phenoxy) is 1. The van der Waals surface area contributed by atoms with Crippen LogP contribution in [-0.4, -0.2) is 12.5 Å². The average Bonchev–Trinajstić information content (AvgIpc) is 2.52. The first kappa shape index (κ1) is 16.7. The van der Waals surface area contributed by atoms with Gasteiger partial charge in [-0.1, -0.05) is 42.3 Å². The average molecular weight is 338 g/mol. The summed E-state index contributed by atoms with van der Waals surface area (Å²) in [5.41, 5.74) is 1.29. The van der Waals surface area contributed by atoms with Crippen LogP contribution in [0.15, 0.2) is 42.5 Å². The van der Waals surface area contributed by atoms with Crippen LogP contribution < -0.4 is 10.1 Å². The summed E-state index contributed by atoms with van der Waals surface area (Å²) in [6.45, 7) is 2.91. The predicted octanol–water partition coefficient (Wildman–Crippen LogP) is 4.71. The van der Waals surface area contributed by atoms with E-state index in [0.29, 0.717) is 27.9 Å². The van der Waals surface area contributed by atoms with Crippen molar-refractivity contribution in [3.05, 3.63) is 63.6 Å². The molecule has 0 aliphatic heterocycles. The van der Waals surface area contributed by atoms with E-state index in [1.54, 1.807) is 42.5 Å². The summed E-state index contributed by atoms with van der Waals surface area (Å²) in [6, 6.07) is 12.3. The standard InChI is InChI=1S/C17H17Cl2NO2/c1-2-9-20-17(21)12-5-3-6-13(10-12)22-11-14-15(18)7-4-8-16(14)19/h3-8,10H,2,9,11H2,1H3,(H,20,21). The van der Waals surface area contributed by atoms with Crippen molar-refractivity contribution in [3.8, 4) is 5.75 Å². The quantitative estimate of drug-likeness (QED) is 0.828. The Bertz CT molecular complexity index is 639. The van der Waals surface area contributed by atoms with Crippen molar-refractivity contribution in [1.29, 1.82) is 0 Å². The Morgan fingerprint density at radius 1 is 1.14 bits per heavy atom. The van der Waals surface area contributed by atoms with E-state index in [1.165, 1.54) is 0 Å². The molecule has 0 atom stereocenters. The Labute approximate surface area is 140 Å². The minimum atomic E-state index is -0.108. The fourth-order valence-corrected chi connectivity index (χ4v) is 2.40. The number of benzene rings is 2. The van der Waals surface area contributed by atoms with E-state index in [0.717, 1.165) is 12.0 Å². The molecule has 5 heteroatoms. The van der Waals surface area contributed by atoms with E-state index < -0.39 is 0 Å². The number of halogens is 2. The minimum absolute atomic E-state index is 0.108. The van der Waals surface area contributed by atoms with Crippen LogP contribution in [0, 0.1) is 0 Å². The van der Waals surface area contributed by atoms with Gasteiger partial charge in [0.05, 0.1) is 0 Å². The topological polar surface area (TPSA) is 38.3 Å². The molecule has 0 spiro atoms. The molecular weight excluding hydrogens is 321 g/mol. The molecule has 0 saturated carbocycles. The van der Waals surface area contributed by atoms with Gasteiger partial charge in [-0.2, -0.15) is 0 Å². The molecule has 2 rings (SSSR count). The molecule has 0 heterocycles. The summed E-state index contributed by atoms with van der Waals surface area (Å²) >= 11 is 12.2. The second-order valence-electron chi connectivity index (χ2n) is 4.77. The molecule has 1 amide bonds. The monoisotopic (exact) mass is 337 g/mol. The highest BCUT2D eigenvalue weighted by Gasteiger charge is 2.08. The SMILES string of the molecule is CCCNC(=O)c1cccc(OCc2c(Cl)cccc2Cl)c1. The van der Waals surface area contributed by atoms with Gasteiger partial charge in [0.1, 0.15) is 12.4 Å². The number of hydrogen-bond donors (Lipinski definition) is 1. The Morgan fingerprint density at radius 3 is 2.50 bits per heavy atom. The molecule has 0 fully saturated rings. The molecule has 0 aliphatic rings. The second kappa shape index (κ2) is 8.06. The van der Waals surface area contributed by atoms with E-state index in [-0.39, 0.29) is 12.5 Å². The molecule has 2 aromatic carbocycles. The maximum absolute atomic E-state index is 11.9. The third kappa shape index (κ3) is 4.39. The predicted molar refractivity (Wildman–Crippen MR) is 89.9 cm³/mol. The molecule has 116 valence electrons. The van der Waals surface area contributed by atoms with Gasteiger partial charge in [0.15, 0.2) is 0 Å². The number of carbonyl (C=O) groups excluding carboxylic acids is 1. The van der Waals surface area contributed by atoms with Gasteiger partial charge in [0.25, 0.3) is 5.91 Å². The summed E-state index contributed by atoms with van der Waals surface area (Å²) in [5, 5.41) is 3.95. The lowest BCUT2D eigenvalue weighted by molar-refractivity contribution is 0.0953. The Balaban J connectivity index is 2.06. The molecule has 3 nitrogen and oxygen atoms in total. The molecular formula is C17H17Cl2NO2. The number of hydrogen-bond acceptors (Lipinski definition) is 2. The van der Waals surface area contributed by atoms with Crippen LogP contribution in [0.2, 0.25) is 10.0 Å². The number of nitrogens with one attached hydrogen (secondary N) is 1. The number of carbonyl (C=O) groups is 1. The molecule has 22 heavy (non-hydrogen) atoms. The third-order valence-electron chi connectivity index (χ3n) is 3.08. The minimum Gasteiger partial charge on any atom is -0.489 e. The van der Waals surface area contributed by atoms with Crippen LogP contribution in [0.25, 0.3) is 0 Å². The molecule has 0 aliphatic carbocycles. The van der Waals surface area contributed by atoms with Crippen molar-refractivity contribution >= 4 is 29.1 Å². The Hall–Kier alpha value is -1.71. The molecule has 0 unspecified atom stereocenters. The number of amides is 1. The largest absolute Gasteiger partial charge is 0.489 e. The van der Waals surface area contributed by atoms with Gasteiger partial charge >= 0.3 is 0 Å². The molecule has 0 saturated heterocycles. The lowest BCUT2D eigenvalue weighted by Gasteiger charge is -2.10. The van der Waals surface area contributed by atoms with Gasteiger partial charge in [-0.3, -0.25) is 4.79 Å². The highest BCUT2D eigenvalue weighted by atomic mass is 35.5. The first-order valence-corrected chi connectivity index (χ1v) is 7.81. The maximum atomic E-state index is 11.9. The summed E-state index contributed by atoms with van der Waals surface area (Å²) in [5.74, 6) is 0.489. The summed E-state index contributed by atoms with van der Waals surface area (Å²) in [7, 11) is 0. The van der Waals surface area contributed by atoms with Crippen molar-refractivity contribution in [2.75, 3.05) is 6.54 Å². The highest BCUT2D eigenvalue weighted by Crippen LogP contribution is 2.26. The van der Waals surface area contributed by atoms with Crippen LogP contribution in [0.5, 0.6) is 5.75 Å². The van der Waals surface area contributed by atoms with Gasteiger partial charge in [0.2, 0.25) is 0 Å². The van der Waals surface area contributed by atoms with E-state index in [4.69, 9.17) is 27.9 Å². The molecule has 1 N–H and O–H groups in total. The summed E-state index contributed by atoms with van der Waals surface area (Å²) in [6.07, 6.45) is 0.896. The Kier molecular flexibility index (Phi) is 6.10. The van der Waals surface area contributed by atoms with E-state index >= 15 is 0 Å². The van der Waals surface area contributed by atoms with Crippen molar-refractivity contribution in [3.63, 3.8) is 0 Å². The fraction of sp³-hybridized carbons (Fsp3) is 0.235. The van der Waals surface area contributed by atoms with Gasteiger partial charge in [0, 0.05) is 27.7 Å².